The maximum absolute atomic E-state index is 13.6. The normalized spacial score (nSPS) is 18.0. The molecule has 0 bridgehead atoms. The quantitative estimate of drug-likeness (QED) is 0.354. The zero-order valence-electron chi connectivity index (χ0n) is 18.7. The third kappa shape index (κ3) is 5.54. The molecule has 2 aliphatic rings. The predicted octanol–water partition coefficient (Wildman–Crippen LogP) is 3.53. The lowest BCUT2D eigenvalue weighted by atomic mass is 9.95. The number of aliphatic imine (C=N–C) groups is 1. The molecule has 9 heteroatoms. The second-order valence-electron chi connectivity index (χ2n) is 8.16. The van der Waals surface area contributed by atoms with Crippen LogP contribution in [0.3, 0.4) is 0 Å². The Morgan fingerprint density at radius 1 is 1.19 bits per heavy atom. The van der Waals surface area contributed by atoms with Crippen LogP contribution < -0.4 is 5.32 Å². The number of furan rings is 1. The first-order chi connectivity index (χ1) is 15.1. The Labute approximate surface area is 205 Å². The molecule has 0 spiro atoms. The second kappa shape index (κ2) is 11.3. The van der Waals surface area contributed by atoms with Crippen molar-refractivity contribution in [1.82, 2.24) is 15.1 Å². The Morgan fingerprint density at radius 2 is 1.91 bits per heavy atom. The number of likely N-dealkylation sites (tertiary alicyclic amines) is 1. The van der Waals surface area contributed by atoms with Crippen LogP contribution in [0, 0.1) is 18.7 Å². The molecule has 0 radical (unpaired) electrons. The maximum atomic E-state index is 13.6. The Hall–Kier alpha value is -1.88. The van der Waals surface area contributed by atoms with E-state index < -0.39 is 0 Å². The summed E-state index contributed by atoms with van der Waals surface area (Å²) < 4.78 is 24.8. The highest BCUT2D eigenvalue weighted by Gasteiger charge is 2.30. The molecule has 1 amide bonds. The lowest BCUT2D eigenvalue weighted by molar-refractivity contribution is -0.140. The molecule has 2 aliphatic heterocycles. The first-order valence-corrected chi connectivity index (χ1v) is 11.1. The smallest absolute Gasteiger partial charge is 0.225 e. The fourth-order valence-corrected chi connectivity index (χ4v) is 4.35. The van der Waals surface area contributed by atoms with E-state index in [1.54, 1.807) is 6.07 Å². The number of carbonyl (C=O) groups excluding carboxylic acids is 1. The van der Waals surface area contributed by atoms with Crippen LogP contribution in [0.25, 0.3) is 11.0 Å². The highest BCUT2D eigenvalue weighted by molar-refractivity contribution is 14.0. The fraction of sp³-hybridized carbons (Fsp3) is 0.565. The molecule has 2 fully saturated rings. The molecule has 3 heterocycles. The van der Waals surface area contributed by atoms with E-state index in [9.17, 15) is 9.18 Å². The van der Waals surface area contributed by atoms with Gasteiger partial charge in [-0.25, -0.2) is 9.38 Å². The van der Waals surface area contributed by atoms with Gasteiger partial charge in [0.2, 0.25) is 5.91 Å². The van der Waals surface area contributed by atoms with Gasteiger partial charge in [0.1, 0.15) is 23.7 Å². The van der Waals surface area contributed by atoms with Gasteiger partial charge in [-0.1, -0.05) is 0 Å². The number of carbonyl (C=O) groups is 1. The number of halogens is 2. The molecule has 7 nitrogen and oxygen atoms in total. The van der Waals surface area contributed by atoms with Crippen molar-refractivity contribution in [3.8, 4) is 0 Å². The highest BCUT2D eigenvalue weighted by atomic mass is 127. The van der Waals surface area contributed by atoms with E-state index in [0.717, 1.165) is 55.1 Å². The van der Waals surface area contributed by atoms with Gasteiger partial charge in [0, 0.05) is 49.6 Å². The van der Waals surface area contributed by atoms with E-state index in [4.69, 9.17) is 14.1 Å². The van der Waals surface area contributed by atoms with Crippen molar-refractivity contribution >= 4 is 46.8 Å². The van der Waals surface area contributed by atoms with Gasteiger partial charge in [0.25, 0.3) is 0 Å². The molecule has 0 aliphatic carbocycles. The van der Waals surface area contributed by atoms with Crippen molar-refractivity contribution in [3.63, 3.8) is 0 Å². The number of ether oxygens (including phenoxy) is 1. The van der Waals surface area contributed by atoms with Crippen molar-refractivity contribution in [1.29, 1.82) is 0 Å². The van der Waals surface area contributed by atoms with Crippen LogP contribution in [-0.2, 0) is 16.1 Å². The topological polar surface area (TPSA) is 70.3 Å². The number of piperidine rings is 1. The minimum atomic E-state index is -0.269. The number of rotatable bonds is 4. The molecule has 2 saturated heterocycles. The zero-order chi connectivity index (χ0) is 21.8. The third-order valence-electron chi connectivity index (χ3n) is 6.17. The van der Waals surface area contributed by atoms with E-state index in [0.29, 0.717) is 38.4 Å². The molecule has 0 unspecified atom stereocenters. The first-order valence-electron chi connectivity index (χ1n) is 11.1. The molecule has 1 aromatic carbocycles. The van der Waals surface area contributed by atoms with E-state index in [-0.39, 0.29) is 41.6 Å². The van der Waals surface area contributed by atoms with Crippen LogP contribution in [0.5, 0.6) is 0 Å². The zero-order valence-corrected chi connectivity index (χ0v) is 21.1. The molecule has 4 rings (SSSR count). The summed E-state index contributed by atoms with van der Waals surface area (Å²) in [7, 11) is 0. The van der Waals surface area contributed by atoms with Crippen LogP contribution >= 0.6 is 24.0 Å². The van der Waals surface area contributed by atoms with E-state index >= 15 is 0 Å². The summed E-state index contributed by atoms with van der Waals surface area (Å²) in [5.41, 5.74) is 1.60. The second-order valence-corrected chi connectivity index (χ2v) is 8.16. The van der Waals surface area contributed by atoms with E-state index in [1.165, 1.54) is 12.1 Å². The minimum Gasteiger partial charge on any atom is -0.459 e. The summed E-state index contributed by atoms with van der Waals surface area (Å²) in [6.07, 6.45) is 1.65. The van der Waals surface area contributed by atoms with Crippen molar-refractivity contribution in [3.05, 3.63) is 35.3 Å². The highest BCUT2D eigenvalue weighted by Crippen LogP contribution is 2.27. The van der Waals surface area contributed by atoms with Gasteiger partial charge in [-0.15, -0.1) is 24.0 Å². The molecular formula is C23H32FIN4O3. The summed E-state index contributed by atoms with van der Waals surface area (Å²) in [6.45, 7) is 9.37. The Kier molecular flexibility index (Phi) is 8.75. The van der Waals surface area contributed by atoms with Gasteiger partial charge in [0.05, 0.1) is 13.2 Å². The number of fused-ring (bicyclic) bond motifs is 1. The van der Waals surface area contributed by atoms with Crippen LogP contribution in [0.4, 0.5) is 4.39 Å². The number of hydrogen-bond donors (Lipinski definition) is 1. The lowest BCUT2D eigenvalue weighted by Gasteiger charge is -2.36. The van der Waals surface area contributed by atoms with Gasteiger partial charge < -0.3 is 24.3 Å². The maximum Gasteiger partial charge on any atom is 0.225 e. The number of morpholine rings is 1. The van der Waals surface area contributed by atoms with Crippen molar-refractivity contribution in [2.75, 3.05) is 45.9 Å². The molecule has 0 atom stereocenters. The summed E-state index contributed by atoms with van der Waals surface area (Å²) in [5.74, 6) is 1.63. The van der Waals surface area contributed by atoms with E-state index in [1.807, 2.05) is 18.7 Å². The Morgan fingerprint density at radius 3 is 2.59 bits per heavy atom. The fourth-order valence-electron chi connectivity index (χ4n) is 4.35. The number of amides is 1. The number of nitrogens with zero attached hydrogens (tertiary/aromatic N) is 3. The van der Waals surface area contributed by atoms with E-state index in [2.05, 4.69) is 10.2 Å². The minimum absolute atomic E-state index is 0. The number of nitrogens with one attached hydrogen (secondary N) is 1. The molecule has 1 N–H and O–H groups in total. The third-order valence-corrected chi connectivity index (χ3v) is 6.17. The molecular weight excluding hydrogens is 526 g/mol. The number of guanidine groups is 1. The Balaban J connectivity index is 0.00000289. The van der Waals surface area contributed by atoms with Crippen LogP contribution in [0.15, 0.2) is 27.6 Å². The summed E-state index contributed by atoms with van der Waals surface area (Å²) in [4.78, 5) is 21.7. The summed E-state index contributed by atoms with van der Waals surface area (Å²) >= 11 is 0. The average molecular weight is 558 g/mol. The standard InChI is InChI=1S/C23H31FN4O3.HI/c1-3-25-23(26-15-21-16(2)19-14-18(24)4-5-20(19)31-21)28-8-6-17(7-9-28)22(29)27-10-12-30-13-11-27;/h4-5,14,17H,3,6-13,15H2,1-2H3,(H,25,26);1H. The van der Waals surface area contributed by atoms with Gasteiger partial charge in [-0.3, -0.25) is 4.79 Å². The predicted molar refractivity (Wildman–Crippen MR) is 133 cm³/mol. The number of benzene rings is 1. The Bertz CT molecular complexity index is 950. The van der Waals surface area contributed by atoms with Gasteiger partial charge in [0.15, 0.2) is 5.96 Å². The van der Waals surface area contributed by atoms with Crippen LogP contribution in [0.2, 0.25) is 0 Å². The monoisotopic (exact) mass is 558 g/mol. The van der Waals surface area contributed by atoms with Crippen molar-refractivity contribution in [2.45, 2.75) is 33.2 Å². The SMILES string of the molecule is CCNC(=NCc1oc2ccc(F)cc2c1C)N1CCC(C(=O)N2CCOCC2)CC1.I. The molecule has 176 valence electrons. The van der Waals surface area contributed by atoms with Crippen LogP contribution in [0.1, 0.15) is 31.1 Å². The summed E-state index contributed by atoms with van der Waals surface area (Å²) in [6, 6.07) is 4.57. The van der Waals surface area contributed by atoms with Crippen molar-refractivity contribution in [2.24, 2.45) is 10.9 Å². The molecule has 1 aromatic heterocycles. The van der Waals surface area contributed by atoms with Gasteiger partial charge >= 0.3 is 0 Å². The average Bonchev–Trinajstić information content (AvgIpc) is 3.12. The summed E-state index contributed by atoms with van der Waals surface area (Å²) in [5, 5.41) is 4.14. The largest absolute Gasteiger partial charge is 0.459 e. The molecule has 32 heavy (non-hydrogen) atoms. The van der Waals surface area contributed by atoms with Crippen LogP contribution in [-0.4, -0.2) is 67.6 Å². The number of aryl methyl sites for hydroxylation is 1. The van der Waals surface area contributed by atoms with Gasteiger partial charge in [-0.05, 0) is 44.9 Å². The molecule has 0 saturated carbocycles. The number of hydrogen-bond acceptors (Lipinski definition) is 4. The molecule has 2 aromatic rings. The first kappa shape index (κ1) is 24.8. The van der Waals surface area contributed by atoms with Crippen molar-refractivity contribution < 1.29 is 18.3 Å². The lowest BCUT2D eigenvalue weighted by Crippen LogP contribution is -2.50. The van der Waals surface area contributed by atoms with Gasteiger partial charge in [-0.2, -0.15) is 0 Å².